The minimum atomic E-state index is -0.721. The summed E-state index contributed by atoms with van der Waals surface area (Å²) in [6.45, 7) is 1.11. The molecule has 13 heavy (non-hydrogen) atoms. The predicted molar refractivity (Wildman–Crippen MR) is 48.8 cm³/mol. The van der Waals surface area contributed by atoms with E-state index < -0.39 is 11.4 Å². The zero-order valence-electron chi connectivity index (χ0n) is 6.99. The number of nitrogens with zero attached hydrogens (tertiary/aromatic N) is 1. The molecule has 0 amide bonds. The Bertz CT molecular complexity index is 306. The zero-order chi connectivity index (χ0) is 9.31. The first kappa shape index (κ1) is 8.65. The Morgan fingerprint density at radius 1 is 1.77 bits per heavy atom. The molecule has 4 nitrogen and oxygen atoms in total. The smallest absolute Gasteiger partial charge is 0.312 e. The number of carboxylic acid groups (broad SMARTS) is 1. The van der Waals surface area contributed by atoms with E-state index >= 15 is 0 Å². The van der Waals surface area contributed by atoms with E-state index in [0.29, 0.717) is 19.5 Å². The molecule has 0 unspecified atom stereocenters. The van der Waals surface area contributed by atoms with Gasteiger partial charge in [0.2, 0.25) is 0 Å². The van der Waals surface area contributed by atoms with Crippen molar-refractivity contribution < 1.29 is 9.90 Å². The third-order valence-corrected chi connectivity index (χ3v) is 3.13. The summed E-state index contributed by atoms with van der Waals surface area (Å²) >= 11 is 1.51. The van der Waals surface area contributed by atoms with Gasteiger partial charge >= 0.3 is 5.97 Å². The Balaban J connectivity index is 2.11. The van der Waals surface area contributed by atoms with Crippen molar-refractivity contribution in [2.24, 2.45) is 5.41 Å². The first-order valence-corrected chi connectivity index (χ1v) is 4.93. The lowest BCUT2D eigenvalue weighted by Crippen LogP contribution is -2.59. The molecule has 1 aliphatic heterocycles. The average molecular weight is 198 g/mol. The summed E-state index contributed by atoms with van der Waals surface area (Å²) in [4.78, 5) is 15.1. The van der Waals surface area contributed by atoms with Crippen LogP contribution in [0.2, 0.25) is 0 Å². The summed E-state index contributed by atoms with van der Waals surface area (Å²) in [7, 11) is 0. The molecule has 0 aromatic carbocycles. The molecule has 1 aromatic rings. The zero-order valence-corrected chi connectivity index (χ0v) is 7.80. The number of nitrogens with one attached hydrogen (secondary N) is 1. The molecule has 5 heteroatoms. The van der Waals surface area contributed by atoms with Gasteiger partial charge in [-0.1, -0.05) is 0 Å². The molecule has 70 valence electrons. The second-order valence-corrected chi connectivity index (χ2v) is 4.27. The summed E-state index contributed by atoms with van der Waals surface area (Å²) in [5, 5.41) is 14.8. The molecule has 0 aliphatic carbocycles. The monoisotopic (exact) mass is 198 g/mol. The third kappa shape index (κ3) is 1.45. The van der Waals surface area contributed by atoms with Gasteiger partial charge in [-0.05, 0) is 0 Å². The van der Waals surface area contributed by atoms with Crippen molar-refractivity contribution >= 4 is 17.3 Å². The van der Waals surface area contributed by atoms with Crippen LogP contribution in [0.5, 0.6) is 0 Å². The molecular formula is C8H10N2O2S. The van der Waals surface area contributed by atoms with Crippen molar-refractivity contribution in [2.75, 3.05) is 13.1 Å². The molecule has 1 aromatic heterocycles. The highest BCUT2D eigenvalue weighted by atomic mass is 32.1. The standard InChI is InChI=1S/C8H10N2O2S/c11-7(12)8(4-9-5-8)3-6-10-1-2-13-6/h1-2,9H,3-5H2,(H,11,12). The van der Waals surface area contributed by atoms with Crippen LogP contribution in [-0.4, -0.2) is 29.1 Å². The molecule has 2 N–H and O–H groups in total. The highest BCUT2D eigenvalue weighted by molar-refractivity contribution is 7.09. The molecule has 1 fully saturated rings. The van der Waals surface area contributed by atoms with Crippen LogP contribution in [0.3, 0.4) is 0 Å². The van der Waals surface area contributed by atoms with Gasteiger partial charge in [0.25, 0.3) is 0 Å². The fourth-order valence-electron chi connectivity index (χ4n) is 1.41. The van der Waals surface area contributed by atoms with Crippen LogP contribution in [0, 0.1) is 5.41 Å². The van der Waals surface area contributed by atoms with E-state index in [1.165, 1.54) is 11.3 Å². The molecule has 1 saturated heterocycles. The second-order valence-electron chi connectivity index (χ2n) is 3.29. The highest BCUT2D eigenvalue weighted by Gasteiger charge is 2.45. The highest BCUT2D eigenvalue weighted by Crippen LogP contribution is 2.28. The Kier molecular flexibility index (Phi) is 2.05. The van der Waals surface area contributed by atoms with Crippen molar-refractivity contribution in [3.05, 3.63) is 16.6 Å². The molecule has 0 spiro atoms. The Labute approximate surface area is 79.6 Å². The van der Waals surface area contributed by atoms with Crippen LogP contribution in [0.1, 0.15) is 5.01 Å². The van der Waals surface area contributed by atoms with Gasteiger partial charge in [0.05, 0.1) is 10.4 Å². The van der Waals surface area contributed by atoms with Gasteiger partial charge in [0.1, 0.15) is 0 Å². The minimum absolute atomic E-state index is 0.549. The van der Waals surface area contributed by atoms with E-state index in [1.54, 1.807) is 6.20 Å². The third-order valence-electron chi connectivity index (χ3n) is 2.35. The maximum absolute atomic E-state index is 11.0. The van der Waals surface area contributed by atoms with Gasteiger partial charge in [-0.3, -0.25) is 4.79 Å². The predicted octanol–water partition coefficient (Wildman–Crippen LogP) is 0.360. The number of aromatic nitrogens is 1. The van der Waals surface area contributed by atoms with E-state index in [9.17, 15) is 4.79 Å². The van der Waals surface area contributed by atoms with Gasteiger partial charge in [-0.15, -0.1) is 11.3 Å². The van der Waals surface area contributed by atoms with E-state index in [-0.39, 0.29) is 0 Å². The first-order valence-electron chi connectivity index (χ1n) is 4.05. The van der Waals surface area contributed by atoms with E-state index in [0.717, 1.165) is 5.01 Å². The molecule has 2 heterocycles. The number of carbonyl (C=O) groups is 1. The number of hydrogen-bond donors (Lipinski definition) is 2. The largest absolute Gasteiger partial charge is 0.481 e. The summed E-state index contributed by atoms with van der Waals surface area (Å²) in [6, 6.07) is 0. The fraction of sp³-hybridized carbons (Fsp3) is 0.500. The van der Waals surface area contributed by atoms with E-state index in [4.69, 9.17) is 5.11 Å². The second kappa shape index (κ2) is 3.08. The first-order chi connectivity index (χ1) is 6.23. The number of rotatable bonds is 3. The SMILES string of the molecule is O=C(O)C1(Cc2nccs2)CNC1. The topological polar surface area (TPSA) is 62.2 Å². The van der Waals surface area contributed by atoms with Crippen molar-refractivity contribution in [3.8, 4) is 0 Å². The van der Waals surface area contributed by atoms with Crippen LogP contribution >= 0.6 is 11.3 Å². The van der Waals surface area contributed by atoms with Crippen molar-refractivity contribution in [2.45, 2.75) is 6.42 Å². The normalized spacial score (nSPS) is 19.4. The van der Waals surface area contributed by atoms with Crippen LogP contribution in [-0.2, 0) is 11.2 Å². The Hall–Kier alpha value is -0.940. The van der Waals surface area contributed by atoms with E-state index in [1.807, 2.05) is 5.38 Å². The molecule has 1 aliphatic rings. The number of hydrogen-bond acceptors (Lipinski definition) is 4. The van der Waals surface area contributed by atoms with Crippen LogP contribution in [0.25, 0.3) is 0 Å². The lowest BCUT2D eigenvalue weighted by molar-refractivity contribution is -0.152. The Morgan fingerprint density at radius 2 is 2.54 bits per heavy atom. The summed E-state index contributed by atoms with van der Waals surface area (Å²) < 4.78 is 0. The molecule has 2 rings (SSSR count). The van der Waals surface area contributed by atoms with Gasteiger partial charge in [-0.2, -0.15) is 0 Å². The lowest BCUT2D eigenvalue weighted by atomic mass is 9.79. The summed E-state index contributed by atoms with van der Waals surface area (Å²) in [6.07, 6.45) is 2.26. The molecule has 0 atom stereocenters. The molecule has 0 saturated carbocycles. The molecular weight excluding hydrogens is 188 g/mol. The molecule has 0 bridgehead atoms. The van der Waals surface area contributed by atoms with Gasteiger partial charge < -0.3 is 10.4 Å². The lowest BCUT2D eigenvalue weighted by Gasteiger charge is -2.37. The van der Waals surface area contributed by atoms with E-state index in [2.05, 4.69) is 10.3 Å². The number of aliphatic carboxylic acids is 1. The van der Waals surface area contributed by atoms with Crippen molar-refractivity contribution in [1.29, 1.82) is 0 Å². The maximum Gasteiger partial charge on any atom is 0.312 e. The minimum Gasteiger partial charge on any atom is -0.481 e. The van der Waals surface area contributed by atoms with Gasteiger partial charge in [0.15, 0.2) is 0 Å². The Morgan fingerprint density at radius 3 is 2.92 bits per heavy atom. The summed E-state index contributed by atoms with van der Waals surface area (Å²) in [5.41, 5.74) is -0.599. The van der Waals surface area contributed by atoms with Gasteiger partial charge in [-0.25, -0.2) is 4.98 Å². The van der Waals surface area contributed by atoms with Gasteiger partial charge in [0, 0.05) is 31.1 Å². The number of carboxylic acids is 1. The number of thiazole rings is 1. The summed E-state index contributed by atoms with van der Waals surface area (Å²) in [5.74, 6) is -0.721. The maximum atomic E-state index is 11.0. The van der Waals surface area contributed by atoms with Crippen LogP contribution in [0.15, 0.2) is 11.6 Å². The van der Waals surface area contributed by atoms with Crippen molar-refractivity contribution in [1.82, 2.24) is 10.3 Å². The molecule has 0 radical (unpaired) electrons. The van der Waals surface area contributed by atoms with Crippen LogP contribution < -0.4 is 5.32 Å². The quantitative estimate of drug-likeness (QED) is 0.736. The average Bonchev–Trinajstić information content (AvgIpc) is 2.47. The fourth-order valence-corrected chi connectivity index (χ4v) is 2.17. The van der Waals surface area contributed by atoms with Crippen LogP contribution in [0.4, 0.5) is 0 Å². The van der Waals surface area contributed by atoms with Crippen molar-refractivity contribution in [3.63, 3.8) is 0 Å².